The number of carbonyl (C=O) groups is 1. The third kappa shape index (κ3) is 5.12. The number of nitrogens with one attached hydrogen (secondary N) is 2. The Balaban J connectivity index is 1.60. The van der Waals surface area contributed by atoms with E-state index >= 15 is 0 Å². The maximum atomic E-state index is 13.7. The molecule has 8 heteroatoms. The van der Waals surface area contributed by atoms with Crippen molar-refractivity contribution in [2.45, 2.75) is 20.8 Å². The fraction of sp³-hybridized carbons (Fsp3) is 0.107. The molecule has 3 aromatic heterocycles. The molecule has 36 heavy (non-hydrogen) atoms. The number of aromatic nitrogens is 5. The number of imidazole rings is 1. The van der Waals surface area contributed by atoms with Crippen LogP contribution in [0.25, 0.3) is 16.9 Å². The summed E-state index contributed by atoms with van der Waals surface area (Å²) in [6.07, 6.45) is 1.88. The molecule has 0 saturated heterocycles. The summed E-state index contributed by atoms with van der Waals surface area (Å²) < 4.78 is 85.4. The lowest BCUT2D eigenvalue weighted by Gasteiger charge is -2.13. The van der Waals surface area contributed by atoms with Crippen molar-refractivity contribution in [2.24, 2.45) is 0 Å². The molecule has 0 saturated carbocycles. The SMILES string of the molecule is [2H]c1nc(Nc2c([2H])c(C(=O)Nc3c([2H])c(C)c([2H])c(-n4c([2H])nc(C)c4[2H])c3[2H])c([2H])c([2H])c2C)nc(-c2cccnc2)c1[2H]. The normalized spacial score (nSPS) is 14.6. The monoisotopic (exact) mass is 485 g/mol. The largest absolute Gasteiger partial charge is 0.324 e. The second kappa shape index (κ2) is 9.79. The molecular formula is C28H25N7O. The van der Waals surface area contributed by atoms with Crippen molar-refractivity contribution in [3.63, 3.8) is 0 Å². The first kappa shape index (κ1) is 13.9. The fourth-order valence-corrected chi connectivity index (χ4v) is 3.18. The molecular weight excluding hydrogens is 450 g/mol. The van der Waals surface area contributed by atoms with Gasteiger partial charge in [-0.3, -0.25) is 9.78 Å². The lowest BCUT2D eigenvalue weighted by Crippen LogP contribution is -2.13. The number of carbonyl (C=O) groups excluding carboxylic acids is 1. The van der Waals surface area contributed by atoms with Crippen LogP contribution in [0.2, 0.25) is 0 Å². The van der Waals surface area contributed by atoms with E-state index in [2.05, 4.69) is 30.6 Å². The Morgan fingerprint density at radius 2 is 1.94 bits per heavy atom. The average Bonchev–Trinajstić information content (AvgIpc) is 3.27. The summed E-state index contributed by atoms with van der Waals surface area (Å²) in [5, 5.41) is 5.15. The predicted octanol–water partition coefficient (Wildman–Crippen LogP) is 5.65. The van der Waals surface area contributed by atoms with Crippen molar-refractivity contribution in [3.05, 3.63) is 108 Å². The van der Waals surface area contributed by atoms with Gasteiger partial charge in [0.25, 0.3) is 5.91 Å². The highest BCUT2D eigenvalue weighted by molar-refractivity contribution is 6.05. The van der Waals surface area contributed by atoms with Crippen LogP contribution in [0.1, 0.15) is 40.9 Å². The molecule has 0 bridgehead atoms. The van der Waals surface area contributed by atoms with Crippen molar-refractivity contribution in [1.29, 1.82) is 0 Å². The minimum atomic E-state index is -1.10. The van der Waals surface area contributed by atoms with Crippen molar-refractivity contribution in [1.82, 2.24) is 24.5 Å². The Labute approximate surface area is 223 Å². The lowest BCUT2D eigenvalue weighted by atomic mass is 10.1. The smallest absolute Gasteiger partial charge is 0.255 e. The number of pyridine rings is 1. The van der Waals surface area contributed by atoms with Crippen molar-refractivity contribution in [2.75, 3.05) is 10.6 Å². The summed E-state index contributed by atoms with van der Waals surface area (Å²) in [6, 6.07) is 0.171. The summed E-state index contributed by atoms with van der Waals surface area (Å²) >= 11 is 0. The van der Waals surface area contributed by atoms with Crippen LogP contribution < -0.4 is 10.6 Å². The first-order valence-electron chi connectivity index (χ1n) is 15.7. The van der Waals surface area contributed by atoms with Gasteiger partial charge >= 0.3 is 0 Å². The van der Waals surface area contributed by atoms with Crippen molar-refractivity contribution >= 4 is 23.2 Å². The zero-order valence-corrected chi connectivity index (χ0v) is 19.5. The van der Waals surface area contributed by atoms with Gasteiger partial charge in [-0.1, -0.05) is 6.04 Å². The number of nitrogens with zero attached hydrogens (tertiary/aromatic N) is 5. The maximum absolute atomic E-state index is 13.7. The quantitative estimate of drug-likeness (QED) is 0.323. The first-order chi connectivity index (χ1) is 21.6. The zero-order chi connectivity index (χ0) is 33.8. The van der Waals surface area contributed by atoms with Gasteiger partial charge in [-0.2, -0.15) is 0 Å². The van der Waals surface area contributed by atoms with Gasteiger partial charge in [0.05, 0.1) is 30.0 Å². The van der Waals surface area contributed by atoms with Gasteiger partial charge in [0, 0.05) is 52.9 Å². The summed E-state index contributed by atoms with van der Waals surface area (Å²) in [5.41, 5.74) is -0.539. The minimum absolute atomic E-state index is 0.0293. The molecule has 0 unspecified atom stereocenters. The van der Waals surface area contributed by atoms with Crippen molar-refractivity contribution < 1.29 is 18.5 Å². The lowest BCUT2D eigenvalue weighted by molar-refractivity contribution is 0.102. The molecule has 5 aromatic rings. The van der Waals surface area contributed by atoms with Gasteiger partial charge in [0.2, 0.25) is 5.95 Å². The second-order valence-corrected chi connectivity index (χ2v) is 7.67. The predicted molar refractivity (Wildman–Crippen MR) is 141 cm³/mol. The topological polar surface area (TPSA) is 97.6 Å². The van der Waals surface area contributed by atoms with Crippen LogP contribution in [0.4, 0.5) is 17.3 Å². The molecule has 0 aliphatic carbocycles. The molecule has 3 heterocycles. The molecule has 5 rings (SSSR count). The Hall–Kier alpha value is -4.85. The number of benzene rings is 2. The van der Waals surface area contributed by atoms with Crippen molar-refractivity contribution in [3.8, 4) is 16.9 Å². The zero-order valence-electron chi connectivity index (χ0n) is 29.5. The first-order valence-corrected chi connectivity index (χ1v) is 10.7. The molecule has 2 N–H and O–H groups in total. The number of aryl methyl sites for hydroxylation is 1. The van der Waals surface area contributed by atoms with E-state index in [4.69, 9.17) is 13.7 Å². The van der Waals surface area contributed by atoms with Gasteiger partial charge in [0.15, 0.2) is 0 Å². The molecule has 0 aliphatic rings. The number of rotatable bonds is 6. The molecule has 0 spiro atoms. The molecule has 2 aromatic carbocycles. The number of hydrogen-bond acceptors (Lipinski definition) is 6. The Bertz CT molecular complexity index is 2070. The molecule has 0 radical (unpaired) electrons. The maximum Gasteiger partial charge on any atom is 0.255 e. The molecule has 0 atom stereocenters. The standard InChI is InChI=1S/C28H25N7O/c1-18-11-23(14-24(12-18)35-16-20(3)31-17-35)32-27(36)21-7-6-19(2)26(13-21)34-28-30-10-8-25(33-28)22-5-4-9-29-15-22/h4-17H,1-3H3,(H,32,36)(H,30,33,34)/i6D,7D,8D,10D,11D,12D,13D,14D,16D,17D. The highest BCUT2D eigenvalue weighted by atomic mass is 16.1. The number of hydrogen-bond donors (Lipinski definition) is 2. The van der Waals surface area contributed by atoms with E-state index in [-0.39, 0.29) is 58.1 Å². The fourth-order valence-electron chi connectivity index (χ4n) is 3.18. The summed E-state index contributed by atoms with van der Waals surface area (Å²) in [5.74, 6) is -1.31. The van der Waals surface area contributed by atoms with Gasteiger partial charge in [-0.25, -0.2) is 15.0 Å². The van der Waals surface area contributed by atoms with Crippen LogP contribution in [0.3, 0.4) is 0 Å². The van der Waals surface area contributed by atoms with Crippen LogP contribution >= 0.6 is 0 Å². The number of anilines is 3. The molecule has 178 valence electrons. The van der Waals surface area contributed by atoms with E-state index in [1.54, 1.807) is 12.1 Å². The van der Waals surface area contributed by atoms with Crippen LogP contribution in [0.5, 0.6) is 0 Å². The highest BCUT2D eigenvalue weighted by Gasteiger charge is 2.12. The summed E-state index contributed by atoms with van der Waals surface area (Å²) in [7, 11) is 0. The van der Waals surface area contributed by atoms with E-state index in [0.717, 1.165) is 4.57 Å². The Morgan fingerprint density at radius 3 is 2.72 bits per heavy atom. The highest BCUT2D eigenvalue weighted by Crippen LogP contribution is 2.24. The van der Waals surface area contributed by atoms with Crippen LogP contribution in [0, 0.1) is 20.8 Å². The summed E-state index contributed by atoms with van der Waals surface area (Å²) in [6.45, 7) is 4.34. The van der Waals surface area contributed by atoms with Crippen LogP contribution in [-0.2, 0) is 0 Å². The molecule has 0 fully saturated rings. The molecule has 8 nitrogen and oxygen atoms in total. The third-order valence-electron chi connectivity index (χ3n) is 4.87. The van der Waals surface area contributed by atoms with E-state index < -0.39 is 59.8 Å². The van der Waals surface area contributed by atoms with Gasteiger partial charge in [0.1, 0.15) is 1.37 Å². The summed E-state index contributed by atoms with van der Waals surface area (Å²) in [4.78, 5) is 29.9. The third-order valence-corrected chi connectivity index (χ3v) is 4.87. The van der Waals surface area contributed by atoms with Crippen LogP contribution in [-0.4, -0.2) is 30.4 Å². The second-order valence-electron chi connectivity index (χ2n) is 7.67. The van der Waals surface area contributed by atoms with Gasteiger partial charge < -0.3 is 15.2 Å². The van der Waals surface area contributed by atoms with Crippen LogP contribution in [0.15, 0.2) is 85.5 Å². The molecule has 1 amide bonds. The number of amides is 1. The Kier molecular flexibility index (Phi) is 3.78. The van der Waals surface area contributed by atoms with Gasteiger partial charge in [-0.05, 0) is 80.3 Å². The van der Waals surface area contributed by atoms with E-state index in [9.17, 15) is 4.79 Å². The molecule has 0 aliphatic heterocycles. The van der Waals surface area contributed by atoms with E-state index in [1.807, 2.05) is 0 Å². The minimum Gasteiger partial charge on any atom is -0.324 e. The average molecular weight is 486 g/mol. The Morgan fingerprint density at radius 1 is 1.06 bits per heavy atom. The van der Waals surface area contributed by atoms with Gasteiger partial charge in [-0.15, -0.1) is 0 Å². The van der Waals surface area contributed by atoms with E-state index in [0.29, 0.717) is 5.56 Å². The van der Waals surface area contributed by atoms with E-state index in [1.165, 1.54) is 33.2 Å².